The first-order valence-electron chi connectivity index (χ1n) is 10.9. The minimum Gasteiger partial charge on any atom is -0.463 e. The van der Waals surface area contributed by atoms with Crippen LogP contribution in [0, 0.1) is 0 Å². The number of carbonyl (C=O) groups is 2. The van der Waals surface area contributed by atoms with E-state index in [-0.39, 0.29) is 30.2 Å². The van der Waals surface area contributed by atoms with E-state index in [1.54, 1.807) is 32.1 Å². The van der Waals surface area contributed by atoms with Crippen LogP contribution in [0.5, 0.6) is 0 Å². The van der Waals surface area contributed by atoms with E-state index in [4.69, 9.17) is 15.2 Å². The average molecular weight is 477 g/mol. The minimum atomic E-state index is -0.845. The topological polar surface area (TPSA) is 101 Å². The molecule has 0 spiro atoms. The van der Waals surface area contributed by atoms with Gasteiger partial charge in [0.2, 0.25) is 0 Å². The molecule has 2 N–H and O–H groups in total. The summed E-state index contributed by atoms with van der Waals surface area (Å²) >= 11 is 1.14. The van der Waals surface area contributed by atoms with Gasteiger partial charge < -0.3 is 15.2 Å². The normalized spacial score (nSPS) is 15.8. The molecule has 1 atom stereocenters. The van der Waals surface area contributed by atoms with E-state index in [1.165, 1.54) is 4.57 Å². The number of thiazole rings is 1. The van der Waals surface area contributed by atoms with Crippen LogP contribution < -0.4 is 20.5 Å². The fourth-order valence-corrected chi connectivity index (χ4v) is 5.11. The lowest BCUT2D eigenvalue weighted by molar-refractivity contribution is -0.138. The molecule has 7 nitrogen and oxygen atoms in total. The summed E-state index contributed by atoms with van der Waals surface area (Å²) in [5.74, 6) is -2.20. The zero-order chi connectivity index (χ0) is 24.2. The van der Waals surface area contributed by atoms with Gasteiger partial charge in [-0.2, -0.15) is 0 Å². The van der Waals surface area contributed by atoms with Gasteiger partial charge >= 0.3 is 11.9 Å². The highest BCUT2D eigenvalue weighted by molar-refractivity contribution is 7.07. The first kappa shape index (κ1) is 23.3. The van der Waals surface area contributed by atoms with Crippen LogP contribution in [0.25, 0.3) is 17.5 Å². The van der Waals surface area contributed by atoms with Crippen LogP contribution in [-0.4, -0.2) is 29.7 Å². The minimum absolute atomic E-state index is 0.0368. The maximum atomic E-state index is 13.4. The van der Waals surface area contributed by atoms with Crippen LogP contribution in [0.1, 0.15) is 30.9 Å². The van der Waals surface area contributed by atoms with Crippen molar-refractivity contribution >= 4 is 40.7 Å². The van der Waals surface area contributed by atoms with Gasteiger partial charge in [-0.25, -0.2) is 9.59 Å². The van der Waals surface area contributed by atoms with E-state index in [2.05, 4.69) is 0 Å². The largest absolute Gasteiger partial charge is 0.463 e. The number of nitrogens with two attached hydrogens (primary N) is 1. The summed E-state index contributed by atoms with van der Waals surface area (Å²) in [6.45, 7) is 3.63. The summed E-state index contributed by atoms with van der Waals surface area (Å²) in [6.07, 6.45) is 1.73. The van der Waals surface area contributed by atoms with Crippen LogP contribution in [-0.2, 0) is 19.1 Å². The predicted octanol–water partition coefficient (Wildman–Crippen LogP) is 1.94. The van der Waals surface area contributed by atoms with E-state index >= 15 is 0 Å². The Morgan fingerprint density at radius 2 is 1.50 bits per heavy atom. The lowest BCUT2D eigenvalue weighted by atomic mass is 9.83. The lowest BCUT2D eigenvalue weighted by Crippen LogP contribution is -2.42. The Hall–Kier alpha value is -3.91. The Bertz CT molecular complexity index is 1440. The maximum Gasteiger partial charge on any atom is 0.338 e. The van der Waals surface area contributed by atoms with Crippen LogP contribution in [0.4, 0.5) is 0 Å². The molecule has 0 bridgehead atoms. The van der Waals surface area contributed by atoms with Crippen molar-refractivity contribution in [3.63, 3.8) is 0 Å². The van der Waals surface area contributed by atoms with Gasteiger partial charge in [0.05, 0.1) is 34.8 Å². The van der Waals surface area contributed by atoms with Gasteiger partial charge in [0, 0.05) is 0 Å². The fraction of sp³-hybridized carbons (Fsp3) is 0.192. The summed E-state index contributed by atoms with van der Waals surface area (Å²) < 4.78 is 12.6. The standard InChI is InChI=1S/C26H24N2O5S/c1-3-32-25(30)20-19(17-13-9-6-10-14-17)21(26(31)33-4-2)24-28(22(20)27)23(29)18(34-24)15-16-11-7-5-8-12-16/h5-15,19H,3-4,27H2,1-2H3/b18-15-. The van der Waals surface area contributed by atoms with Gasteiger partial charge in [-0.1, -0.05) is 60.7 Å². The second kappa shape index (κ2) is 9.93. The molecule has 174 valence electrons. The number of nitrogens with zero attached hydrogens (tertiary/aromatic N) is 1. The third kappa shape index (κ3) is 4.20. The molecule has 0 radical (unpaired) electrons. The number of rotatable bonds is 6. The molecule has 0 saturated heterocycles. The number of ether oxygens (including phenoxy) is 2. The molecule has 0 fully saturated rings. The molecular formula is C26H24N2O5S. The van der Waals surface area contributed by atoms with Crippen molar-refractivity contribution in [2.75, 3.05) is 13.2 Å². The van der Waals surface area contributed by atoms with Crippen molar-refractivity contribution in [2.45, 2.75) is 19.8 Å². The highest BCUT2D eigenvalue weighted by atomic mass is 32.1. The Balaban J connectivity index is 2.11. The fourth-order valence-electron chi connectivity index (χ4n) is 3.94. The molecule has 4 rings (SSSR count). The Morgan fingerprint density at radius 3 is 2.09 bits per heavy atom. The second-order valence-electron chi connectivity index (χ2n) is 7.46. The summed E-state index contributed by atoms with van der Waals surface area (Å²) in [4.78, 5) is 39.8. The summed E-state index contributed by atoms with van der Waals surface area (Å²) in [5, 5.41) is 0. The van der Waals surface area contributed by atoms with Crippen molar-refractivity contribution in [3.05, 3.63) is 96.9 Å². The van der Waals surface area contributed by atoms with Gasteiger partial charge in [-0.15, -0.1) is 11.3 Å². The van der Waals surface area contributed by atoms with Crippen LogP contribution in [0.3, 0.4) is 0 Å². The zero-order valence-corrected chi connectivity index (χ0v) is 19.6. The molecule has 0 aliphatic carbocycles. The number of carbonyl (C=O) groups excluding carboxylic acids is 2. The van der Waals surface area contributed by atoms with E-state index in [9.17, 15) is 14.4 Å². The van der Waals surface area contributed by atoms with Gasteiger partial charge in [-0.3, -0.25) is 9.36 Å². The van der Waals surface area contributed by atoms with Crippen molar-refractivity contribution in [1.29, 1.82) is 0 Å². The highest BCUT2D eigenvalue weighted by Gasteiger charge is 2.39. The van der Waals surface area contributed by atoms with Gasteiger partial charge in [0.25, 0.3) is 5.56 Å². The molecule has 2 heterocycles. The number of hydrogen-bond donors (Lipinski definition) is 1. The van der Waals surface area contributed by atoms with Gasteiger partial charge in [0.15, 0.2) is 0 Å². The Labute approximate surface area is 200 Å². The summed E-state index contributed by atoms with van der Waals surface area (Å²) in [5.41, 5.74) is 7.75. The quantitative estimate of drug-likeness (QED) is 0.546. The third-order valence-corrected chi connectivity index (χ3v) is 6.48. The molecule has 8 heteroatoms. The number of benzene rings is 2. The molecule has 34 heavy (non-hydrogen) atoms. The number of esters is 2. The zero-order valence-electron chi connectivity index (χ0n) is 18.8. The Kier molecular flexibility index (Phi) is 6.79. The molecule has 3 aromatic rings. The molecule has 1 unspecified atom stereocenters. The molecule has 1 aliphatic rings. The second-order valence-corrected chi connectivity index (χ2v) is 8.49. The molecule has 2 aromatic carbocycles. The molecular weight excluding hydrogens is 452 g/mol. The van der Waals surface area contributed by atoms with Crippen LogP contribution in [0.15, 0.2) is 71.0 Å². The van der Waals surface area contributed by atoms with Gasteiger partial charge in [-0.05, 0) is 31.1 Å². The third-order valence-electron chi connectivity index (χ3n) is 5.37. The smallest absolute Gasteiger partial charge is 0.338 e. The van der Waals surface area contributed by atoms with Crippen LogP contribution in [0.2, 0.25) is 0 Å². The SMILES string of the molecule is CCOC(=O)C1=C(N)n2c(s/c(=C\c3ccccc3)c2=O)=C(C(=O)OCC)C1c1ccccc1. The van der Waals surface area contributed by atoms with E-state index in [0.29, 0.717) is 14.8 Å². The average Bonchev–Trinajstić information content (AvgIpc) is 3.16. The van der Waals surface area contributed by atoms with Crippen molar-refractivity contribution in [3.8, 4) is 0 Å². The lowest BCUT2D eigenvalue weighted by Gasteiger charge is -2.27. The first-order chi connectivity index (χ1) is 16.5. The Morgan fingerprint density at radius 1 is 0.941 bits per heavy atom. The van der Waals surface area contributed by atoms with E-state index < -0.39 is 23.4 Å². The molecule has 0 amide bonds. The number of hydrogen-bond acceptors (Lipinski definition) is 7. The summed E-state index contributed by atoms with van der Waals surface area (Å²) in [6, 6.07) is 18.4. The number of fused-ring (bicyclic) bond motifs is 1. The van der Waals surface area contributed by atoms with Crippen molar-refractivity contribution in [2.24, 2.45) is 5.73 Å². The van der Waals surface area contributed by atoms with E-state index in [0.717, 1.165) is 16.9 Å². The van der Waals surface area contributed by atoms with E-state index in [1.807, 2.05) is 48.5 Å². The van der Waals surface area contributed by atoms with Crippen LogP contribution >= 0.6 is 11.3 Å². The predicted molar refractivity (Wildman–Crippen MR) is 131 cm³/mol. The van der Waals surface area contributed by atoms with Crippen molar-refractivity contribution < 1.29 is 19.1 Å². The molecule has 0 saturated carbocycles. The van der Waals surface area contributed by atoms with Gasteiger partial charge in [0.1, 0.15) is 10.5 Å². The maximum absolute atomic E-state index is 13.4. The first-order valence-corrected chi connectivity index (χ1v) is 11.7. The summed E-state index contributed by atoms with van der Waals surface area (Å²) in [7, 11) is 0. The monoisotopic (exact) mass is 476 g/mol. The molecule has 1 aliphatic heterocycles. The number of aromatic nitrogens is 1. The molecule has 1 aromatic heterocycles. The van der Waals surface area contributed by atoms with Crippen molar-refractivity contribution in [1.82, 2.24) is 4.57 Å². The highest BCUT2D eigenvalue weighted by Crippen LogP contribution is 2.37.